The van der Waals surface area contributed by atoms with Crippen molar-refractivity contribution in [1.82, 2.24) is 0 Å². The van der Waals surface area contributed by atoms with Crippen molar-refractivity contribution in [3.8, 4) is 0 Å². The fourth-order valence-electron chi connectivity index (χ4n) is 6.59. The molecular formula is C42H81O9P. The van der Waals surface area contributed by atoms with E-state index in [4.69, 9.17) is 23.0 Å². The third-order valence-corrected chi connectivity index (χ3v) is 11.4. The molecule has 9 nitrogen and oxygen atoms in total. The van der Waals surface area contributed by atoms with Gasteiger partial charge in [0.1, 0.15) is 12.7 Å². The summed E-state index contributed by atoms with van der Waals surface area (Å²) in [4.78, 5) is 25.1. The molecule has 1 saturated heterocycles. The molecule has 0 radical (unpaired) electrons. The average molecular weight is 761 g/mol. The number of hydrogen-bond acceptors (Lipinski definition) is 9. The van der Waals surface area contributed by atoms with Crippen LogP contribution in [0.5, 0.6) is 0 Å². The molecule has 0 aromatic heterocycles. The van der Waals surface area contributed by atoms with Crippen molar-refractivity contribution < 1.29 is 42.3 Å². The van der Waals surface area contributed by atoms with Gasteiger partial charge in [-0.15, -0.1) is 0 Å². The molecule has 0 bridgehead atoms. The summed E-state index contributed by atoms with van der Waals surface area (Å²) in [5.41, 5.74) is 0. The number of unbranched alkanes of at least 4 members (excludes halogenated alkanes) is 28. The number of carbonyl (C=O) groups excluding carboxylic acids is 2. The van der Waals surface area contributed by atoms with Crippen molar-refractivity contribution in [1.29, 1.82) is 0 Å². The van der Waals surface area contributed by atoms with E-state index in [1.54, 1.807) is 0 Å². The lowest BCUT2D eigenvalue weighted by atomic mass is 10.0. The number of rotatable bonds is 38. The number of phosphoric acid groups is 1. The predicted octanol–water partition coefficient (Wildman–Crippen LogP) is 12.5. The fourth-order valence-corrected chi connectivity index (χ4v) is 7.87. The molecule has 1 N–H and O–H groups in total. The Morgan fingerprint density at radius 3 is 1.23 bits per heavy atom. The van der Waals surface area contributed by atoms with Gasteiger partial charge in [-0.3, -0.25) is 23.2 Å². The Balaban J connectivity index is 2.18. The van der Waals surface area contributed by atoms with Gasteiger partial charge >= 0.3 is 19.8 Å². The molecule has 308 valence electrons. The molecule has 0 amide bonds. The first kappa shape index (κ1) is 49.0. The number of hydrogen-bond donors (Lipinski definition) is 1. The Kier molecular flexibility index (Phi) is 33.7. The predicted molar refractivity (Wildman–Crippen MR) is 211 cm³/mol. The lowest BCUT2D eigenvalue weighted by Crippen LogP contribution is -2.31. The van der Waals surface area contributed by atoms with E-state index in [0.717, 1.165) is 38.5 Å². The first-order chi connectivity index (χ1) is 25.4. The zero-order valence-electron chi connectivity index (χ0n) is 33.8. The van der Waals surface area contributed by atoms with Crippen molar-refractivity contribution in [2.75, 3.05) is 26.4 Å². The van der Waals surface area contributed by atoms with Gasteiger partial charge in [-0.05, 0) is 12.8 Å². The molecule has 0 aliphatic carbocycles. The van der Waals surface area contributed by atoms with E-state index in [1.807, 2.05) is 0 Å². The molecule has 52 heavy (non-hydrogen) atoms. The van der Waals surface area contributed by atoms with Gasteiger partial charge in [0.2, 0.25) is 0 Å². The van der Waals surface area contributed by atoms with E-state index in [9.17, 15) is 19.3 Å². The number of aliphatic hydroxyl groups excluding tert-OH is 1. The van der Waals surface area contributed by atoms with Crippen molar-refractivity contribution in [3.05, 3.63) is 0 Å². The Hall–Kier alpha value is -0.990. The monoisotopic (exact) mass is 761 g/mol. The Morgan fingerprint density at radius 2 is 0.865 bits per heavy atom. The van der Waals surface area contributed by atoms with Crippen LogP contribution in [0.15, 0.2) is 0 Å². The molecule has 1 unspecified atom stereocenters. The maximum Gasteiger partial charge on any atom is 0.475 e. The molecule has 1 aliphatic rings. The van der Waals surface area contributed by atoms with Crippen molar-refractivity contribution >= 4 is 19.8 Å². The summed E-state index contributed by atoms with van der Waals surface area (Å²) in [6.45, 7) is 3.69. The van der Waals surface area contributed by atoms with Gasteiger partial charge in [0.15, 0.2) is 6.10 Å². The molecule has 1 aliphatic heterocycles. The van der Waals surface area contributed by atoms with Gasteiger partial charge in [0, 0.05) is 12.8 Å². The quantitative estimate of drug-likeness (QED) is 0.0373. The van der Waals surface area contributed by atoms with Crippen LogP contribution in [-0.4, -0.2) is 55.7 Å². The third-order valence-electron chi connectivity index (χ3n) is 9.97. The van der Waals surface area contributed by atoms with E-state index >= 15 is 0 Å². The normalized spacial score (nSPS) is 18.0. The largest absolute Gasteiger partial charge is 0.475 e. The Morgan fingerprint density at radius 1 is 0.538 bits per heavy atom. The SMILES string of the molecule is CCCCCCCCCCCCCCCCCC(=O)OCC(COP1(=O)OCC(O)CO1)OC(=O)CCCCCCCCCCCCCCCCC. The summed E-state index contributed by atoms with van der Waals surface area (Å²) in [5, 5.41) is 9.57. The minimum absolute atomic E-state index is 0.171. The van der Waals surface area contributed by atoms with Gasteiger partial charge in [-0.2, -0.15) is 0 Å². The molecule has 1 fully saturated rings. The zero-order valence-corrected chi connectivity index (χ0v) is 34.7. The number of aliphatic hydroxyl groups is 1. The maximum atomic E-state index is 12.7. The Labute approximate surface area is 319 Å². The van der Waals surface area contributed by atoms with Crippen molar-refractivity contribution in [2.45, 2.75) is 232 Å². The Bertz CT molecular complexity index is 858. The summed E-state index contributed by atoms with van der Waals surface area (Å²) < 4.78 is 39.2. The second-order valence-corrected chi connectivity index (χ2v) is 16.9. The van der Waals surface area contributed by atoms with Crippen LogP contribution in [-0.2, 0) is 37.2 Å². The summed E-state index contributed by atoms with van der Waals surface area (Å²) in [6, 6.07) is 0. The molecule has 0 aromatic rings. The van der Waals surface area contributed by atoms with Gasteiger partial charge in [-0.25, -0.2) is 4.57 Å². The highest BCUT2D eigenvalue weighted by Gasteiger charge is 2.35. The van der Waals surface area contributed by atoms with Crippen LogP contribution in [0.4, 0.5) is 0 Å². The number of phosphoric ester groups is 1. The standard InChI is InChI=1S/C42H81O9P/c1-3-5-7-9-11-13-15-17-19-21-23-25-27-29-31-33-41(44)47-37-40(38-50-52(46)48-35-39(43)36-49-52)51-42(45)34-32-30-28-26-24-22-20-18-16-14-12-10-8-6-4-2/h39-40,43H,3-38H2,1-2H3. The first-order valence-electron chi connectivity index (χ1n) is 21.9. The molecule has 1 heterocycles. The topological polar surface area (TPSA) is 118 Å². The second kappa shape index (κ2) is 35.7. The lowest BCUT2D eigenvalue weighted by Gasteiger charge is -2.26. The average Bonchev–Trinajstić information content (AvgIpc) is 3.14. The second-order valence-electron chi connectivity index (χ2n) is 15.2. The maximum absolute atomic E-state index is 12.7. The van der Waals surface area contributed by atoms with Crippen LogP contribution in [0.25, 0.3) is 0 Å². The van der Waals surface area contributed by atoms with Gasteiger partial charge in [-0.1, -0.05) is 194 Å². The molecule has 1 atom stereocenters. The van der Waals surface area contributed by atoms with E-state index in [1.165, 1.54) is 154 Å². The smallest absolute Gasteiger partial charge is 0.462 e. The van der Waals surface area contributed by atoms with Crippen molar-refractivity contribution in [2.24, 2.45) is 0 Å². The highest BCUT2D eigenvalue weighted by Crippen LogP contribution is 2.51. The minimum Gasteiger partial charge on any atom is -0.462 e. The van der Waals surface area contributed by atoms with Crippen LogP contribution in [0.3, 0.4) is 0 Å². The third kappa shape index (κ3) is 31.4. The highest BCUT2D eigenvalue weighted by atomic mass is 31.2. The lowest BCUT2D eigenvalue weighted by molar-refractivity contribution is -0.161. The van der Waals surface area contributed by atoms with E-state index < -0.39 is 26.0 Å². The highest BCUT2D eigenvalue weighted by molar-refractivity contribution is 7.48. The van der Waals surface area contributed by atoms with Crippen molar-refractivity contribution in [3.63, 3.8) is 0 Å². The molecule has 10 heteroatoms. The zero-order chi connectivity index (χ0) is 37.8. The van der Waals surface area contributed by atoms with E-state index in [0.29, 0.717) is 6.42 Å². The molecule has 0 saturated carbocycles. The van der Waals surface area contributed by atoms with Crippen LogP contribution >= 0.6 is 7.82 Å². The molecule has 0 spiro atoms. The number of esters is 2. The summed E-state index contributed by atoms with van der Waals surface area (Å²) >= 11 is 0. The molecular weight excluding hydrogens is 679 g/mol. The van der Waals surface area contributed by atoms with Crippen LogP contribution in [0.2, 0.25) is 0 Å². The summed E-state index contributed by atoms with van der Waals surface area (Å²) in [7, 11) is -3.89. The van der Waals surface area contributed by atoms with Crippen LogP contribution in [0, 0.1) is 0 Å². The first-order valence-corrected chi connectivity index (χ1v) is 23.4. The minimum atomic E-state index is -3.89. The van der Waals surface area contributed by atoms with E-state index in [2.05, 4.69) is 13.8 Å². The van der Waals surface area contributed by atoms with Gasteiger partial charge in [0.05, 0.1) is 19.8 Å². The van der Waals surface area contributed by atoms with Gasteiger partial charge in [0.25, 0.3) is 0 Å². The van der Waals surface area contributed by atoms with Crippen LogP contribution < -0.4 is 0 Å². The number of carbonyl (C=O) groups is 2. The summed E-state index contributed by atoms with van der Waals surface area (Å²) in [6.07, 6.45) is 36.4. The van der Waals surface area contributed by atoms with Crippen LogP contribution in [0.1, 0.15) is 219 Å². The van der Waals surface area contributed by atoms with E-state index in [-0.39, 0.29) is 38.8 Å². The molecule has 0 aromatic carbocycles. The fraction of sp³-hybridized carbons (Fsp3) is 0.952. The van der Waals surface area contributed by atoms with Gasteiger partial charge < -0.3 is 14.6 Å². The molecule has 1 rings (SSSR count). The number of ether oxygens (including phenoxy) is 2. The summed E-state index contributed by atoms with van der Waals surface area (Å²) in [5.74, 6) is -0.751.